The van der Waals surface area contributed by atoms with Crippen LogP contribution in [0, 0.1) is 5.92 Å². The molecule has 1 saturated heterocycles. The summed E-state index contributed by atoms with van der Waals surface area (Å²) in [4.78, 5) is 15.6. The molecule has 0 spiro atoms. The van der Waals surface area contributed by atoms with E-state index in [2.05, 4.69) is 15.2 Å². The van der Waals surface area contributed by atoms with Gasteiger partial charge in [-0.05, 0) is 25.7 Å². The van der Waals surface area contributed by atoms with E-state index in [0.717, 1.165) is 38.3 Å². The van der Waals surface area contributed by atoms with Crippen LogP contribution in [0.1, 0.15) is 31.4 Å². The average molecular weight is 253 g/mol. The van der Waals surface area contributed by atoms with Crippen molar-refractivity contribution in [3.63, 3.8) is 0 Å². The second-order valence-electron chi connectivity index (χ2n) is 4.44. The number of hydrogen-bond acceptors (Lipinski definition) is 5. The van der Waals surface area contributed by atoms with E-state index in [1.807, 2.05) is 0 Å². The van der Waals surface area contributed by atoms with Crippen molar-refractivity contribution < 1.29 is 14.3 Å². The monoisotopic (exact) mass is 253 g/mol. The lowest BCUT2D eigenvalue weighted by atomic mass is 9.96. The van der Waals surface area contributed by atoms with E-state index in [1.54, 1.807) is 6.92 Å². The first-order valence-electron chi connectivity index (χ1n) is 6.41. The molecule has 1 aliphatic rings. The van der Waals surface area contributed by atoms with Crippen LogP contribution in [0.3, 0.4) is 0 Å². The van der Waals surface area contributed by atoms with Gasteiger partial charge in [0.1, 0.15) is 12.2 Å². The third-order valence-electron chi connectivity index (χ3n) is 3.01. The number of ether oxygens (including phenoxy) is 2. The zero-order chi connectivity index (χ0) is 12.8. The van der Waals surface area contributed by atoms with Crippen LogP contribution in [0.25, 0.3) is 0 Å². The van der Waals surface area contributed by atoms with Gasteiger partial charge >= 0.3 is 5.97 Å². The van der Waals surface area contributed by atoms with Gasteiger partial charge in [-0.25, -0.2) is 4.98 Å². The maximum atomic E-state index is 11.3. The molecule has 6 heteroatoms. The van der Waals surface area contributed by atoms with Crippen molar-refractivity contribution in [1.82, 2.24) is 15.2 Å². The van der Waals surface area contributed by atoms with E-state index >= 15 is 0 Å². The maximum absolute atomic E-state index is 11.3. The lowest BCUT2D eigenvalue weighted by Crippen LogP contribution is -2.18. The fourth-order valence-corrected chi connectivity index (χ4v) is 2.06. The number of H-pyrrole nitrogens is 1. The normalized spacial score (nSPS) is 16.7. The van der Waals surface area contributed by atoms with Crippen molar-refractivity contribution >= 4 is 5.97 Å². The molecular formula is C12H19N3O3. The number of aromatic amines is 1. The molecule has 1 N–H and O–H groups in total. The molecule has 6 nitrogen and oxygen atoms in total. The van der Waals surface area contributed by atoms with Gasteiger partial charge < -0.3 is 9.47 Å². The molecule has 1 aromatic heterocycles. The summed E-state index contributed by atoms with van der Waals surface area (Å²) in [6.45, 7) is 3.83. The first-order valence-corrected chi connectivity index (χ1v) is 6.41. The quantitative estimate of drug-likeness (QED) is 0.788. The highest BCUT2D eigenvalue weighted by atomic mass is 16.5. The highest BCUT2D eigenvalue weighted by molar-refractivity contribution is 5.71. The minimum atomic E-state index is -0.272. The second kappa shape index (κ2) is 6.49. The van der Waals surface area contributed by atoms with E-state index in [0.29, 0.717) is 18.3 Å². The Hall–Kier alpha value is -1.43. The Morgan fingerprint density at radius 2 is 2.28 bits per heavy atom. The van der Waals surface area contributed by atoms with Gasteiger partial charge in [-0.15, -0.1) is 0 Å². The summed E-state index contributed by atoms with van der Waals surface area (Å²) in [6.07, 6.45) is 3.13. The van der Waals surface area contributed by atoms with Crippen molar-refractivity contribution in [3.8, 4) is 0 Å². The van der Waals surface area contributed by atoms with Gasteiger partial charge in [-0.1, -0.05) is 0 Å². The fourth-order valence-electron chi connectivity index (χ4n) is 2.06. The van der Waals surface area contributed by atoms with Crippen molar-refractivity contribution in [3.05, 3.63) is 11.6 Å². The number of nitrogens with one attached hydrogen (secondary N) is 1. The van der Waals surface area contributed by atoms with Gasteiger partial charge in [0.15, 0.2) is 5.82 Å². The van der Waals surface area contributed by atoms with Gasteiger partial charge in [0, 0.05) is 19.6 Å². The van der Waals surface area contributed by atoms with Crippen LogP contribution in [-0.4, -0.2) is 41.0 Å². The maximum Gasteiger partial charge on any atom is 0.313 e. The van der Waals surface area contributed by atoms with Crippen molar-refractivity contribution in [1.29, 1.82) is 0 Å². The molecular weight excluding hydrogens is 234 g/mol. The van der Waals surface area contributed by atoms with Crippen LogP contribution in [0.5, 0.6) is 0 Å². The zero-order valence-electron chi connectivity index (χ0n) is 10.6. The molecule has 1 aromatic rings. The lowest BCUT2D eigenvalue weighted by molar-refractivity contribution is -0.142. The fraction of sp³-hybridized carbons (Fsp3) is 0.750. The number of carbonyl (C=O) groups is 1. The molecule has 0 unspecified atom stereocenters. The van der Waals surface area contributed by atoms with Crippen LogP contribution in [0.4, 0.5) is 0 Å². The molecule has 1 aliphatic heterocycles. The Morgan fingerprint density at radius 1 is 1.50 bits per heavy atom. The number of nitrogens with zero attached hydrogens (tertiary/aromatic N) is 2. The SMILES string of the molecule is CCOC(=O)Cc1nc(CC2CCOCC2)n[nH]1. The molecule has 0 bridgehead atoms. The third-order valence-corrected chi connectivity index (χ3v) is 3.01. The van der Waals surface area contributed by atoms with E-state index in [1.165, 1.54) is 0 Å². The summed E-state index contributed by atoms with van der Waals surface area (Å²) in [7, 11) is 0. The summed E-state index contributed by atoms with van der Waals surface area (Å²) in [5.41, 5.74) is 0. The van der Waals surface area contributed by atoms with Crippen molar-refractivity contribution in [2.24, 2.45) is 5.92 Å². The van der Waals surface area contributed by atoms with Crippen LogP contribution >= 0.6 is 0 Å². The molecule has 0 saturated carbocycles. The van der Waals surface area contributed by atoms with Gasteiger partial charge in [-0.2, -0.15) is 5.10 Å². The number of carbonyl (C=O) groups excluding carboxylic acids is 1. The van der Waals surface area contributed by atoms with Crippen LogP contribution in [0.15, 0.2) is 0 Å². The zero-order valence-corrected chi connectivity index (χ0v) is 10.6. The summed E-state index contributed by atoms with van der Waals surface area (Å²) in [5, 5.41) is 6.93. The molecule has 100 valence electrons. The molecule has 0 amide bonds. The summed E-state index contributed by atoms with van der Waals surface area (Å²) >= 11 is 0. The first-order chi connectivity index (χ1) is 8.78. The first kappa shape index (κ1) is 13.0. The largest absolute Gasteiger partial charge is 0.466 e. The van der Waals surface area contributed by atoms with Gasteiger partial charge in [0.05, 0.1) is 6.61 Å². The van der Waals surface area contributed by atoms with Crippen LogP contribution in [-0.2, 0) is 27.1 Å². The third kappa shape index (κ3) is 3.80. The van der Waals surface area contributed by atoms with Gasteiger partial charge in [0.2, 0.25) is 0 Å². The highest BCUT2D eigenvalue weighted by Crippen LogP contribution is 2.18. The molecule has 18 heavy (non-hydrogen) atoms. The van der Waals surface area contributed by atoms with E-state index in [-0.39, 0.29) is 12.4 Å². The number of hydrogen-bond donors (Lipinski definition) is 1. The van der Waals surface area contributed by atoms with E-state index in [4.69, 9.17) is 9.47 Å². The number of aromatic nitrogens is 3. The van der Waals surface area contributed by atoms with Crippen molar-refractivity contribution in [2.45, 2.75) is 32.6 Å². The molecule has 0 aliphatic carbocycles. The number of rotatable bonds is 5. The van der Waals surface area contributed by atoms with Crippen LogP contribution < -0.4 is 0 Å². The molecule has 2 heterocycles. The summed E-state index contributed by atoms with van der Waals surface area (Å²) in [6, 6.07) is 0. The smallest absolute Gasteiger partial charge is 0.313 e. The standard InChI is InChI=1S/C12H19N3O3/c1-2-18-12(16)8-11-13-10(14-15-11)7-9-3-5-17-6-4-9/h9H,2-8H2,1H3,(H,13,14,15). The van der Waals surface area contributed by atoms with E-state index in [9.17, 15) is 4.79 Å². The topological polar surface area (TPSA) is 77.1 Å². The Labute approximate surface area is 106 Å². The molecule has 1 fully saturated rings. The van der Waals surface area contributed by atoms with Crippen molar-refractivity contribution in [2.75, 3.05) is 19.8 Å². The average Bonchev–Trinajstić information content (AvgIpc) is 2.78. The summed E-state index contributed by atoms with van der Waals surface area (Å²) < 4.78 is 10.2. The van der Waals surface area contributed by atoms with Gasteiger partial charge in [0.25, 0.3) is 0 Å². The minimum absolute atomic E-state index is 0.161. The van der Waals surface area contributed by atoms with Gasteiger partial charge in [-0.3, -0.25) is 9.89 Å². The molecule has 0 aromatic carbocycles. The minimum Gasteiger partial charge on any atom is -0.466 e. The predicted octanol–water partition coefficient (Wildman–Crippen LogP) is 0.879. The second-order valence-corrected chi connectivity index (χ2v) is 4.44. The highest BCUT2D eigenvalue weighted by Gasteiger charge is 2.17. The summed E-state index contributed by atoms with van der Waals surface area (Å²) in [5.74, 6) is 1.67. The van der Waals surface area contributed by atoms with E-state index < -0.39 is 0 Å². The Balaban J connectivity index is 1.83. The number of esters is 1. The predicted molar refractivity (Wildman–Crippen MR) is 64.0 cm³/mol. The molecule has 0 radical (unpaired) electrons. The Morgan fingerprint density at radius 3 is 3.00 bits per heavy atom. The molecule has 0 atom stereocenters. The lowest BCUT2D eigenvalue weighted by Gasteiger charge is -2.20. The Bertz CT molecular complexity index is 386. The Kier molecular flexibility index (Phi) is 4.69. The molecule has 2 rings (SSSR count). The van der Waals surface area contributed by atoms with Crippen LogP contribution in [0.2, 0.25) is 0 Å².